The standard InChI is InChI=1S/C17H15.2ClH.Hf/c1-12-10-13(2)17(11-12)16-9-5-7-14-6-3-4-8-15(14)16;;;/h3-9,11-12H,1-2H3;2*1H;/q;;;+2/p-2. The molecule has 3 heteroatoms. The van der Waals surface area contributed by atoms with E-state index in [-0.39, 0.29) is 24.8 Å². The Morgan fingerprint density at radius 3 is 2.25 bits per heavy atom. The van der Waals surface area contributed by atoms with E-state index >= 15 is 0 Å². The zero-order chi connectivity index (χ0) is 12.7. The van der Waals surface area contributed by atoms with Crippen molar-refractivity contribution in [1.29, 1.82) is 0 Å². The van der Waals surface area contributed by atoms with Crippen LogP contribution >= 0.6 is 0 Å². The fourth-order valence-corrected chi connectivity index (χ4v) is 3.48. The SMILES string of the molecule is CC1=[C]([Hf+2])C(C)C=C1c1cccc2ccccc12.[Cl-].[Cl-]. The van der Waals surface area contributed by atoms with Crippen molar-refractivity contribution in [3.05, 3.63) is 63.0 Å². The molecule has 0 spiro atoms. The van der Waals surface area contributed by atoms with Crippen LogP contribution in [0.3, 0.4) is 0 Å². The van der Waals surface area contributed by atoms with Crippen LogP contribution in [0.15, 0.2) is 57.4 Å². The number of hydrogen-bond donors (Lipinski definition) is 0. The van der Waals surface area contributed by atoms with Crippen molar-refractivity contribution in [3.63, 3.8) is 0 Å². The number of benzene rings is 2. The van der Waals surface area contributed by atoms with Crippen LogP contribution < -0.4 is 24.8 Å². The van der Waals surface area contributed by atoms with Gasteiger partial charge in [-0.2, -0.15) is 0 Å². The molecule has 0 amide bonds. The summed E-state index contributed by atoms with van der Waals surface area (Å²) in [5, 5.41) is 2.70. The van der Waals surface area contributed by atoms with Crippen molar-refractivity contribution >= 4 is 16.3 Å². The maximum atomic E-state index is 2.43. The molecule has 101 valence electrons. The van der Waals surface area contributed by atoms with Gasteiger partial charge >= 0.3 is 123 Å². The first-order valence-electron chi connectivity index (χ1n) is 6.31. The summed E-state index contributed by atoms with van der Waals surface area (Å²) in [5.74, 6) is 0.630. The Morgan fingerprint density at radius 2 is 1.60 bits per heavy atom. The maximum Gasteiger partial charge on any atom is -1.00 e. The second-order valence-electron chi connectivity index (χ2n) is 4.93. The van der Waals surface area contributed by atoms with Crippen molar-refractivity contribution in [2.45, 2.75) is 13.8 Å². The van der Waals surface area contributed by atoms with Crippen LogP contribution in [0.5, 0.6) is 0 Å². The second kappa shape index (κ2) is 7.06. The largest absolute Gasteiger partial charge is 1.00 e. The summed E-state index contributed by atoms with van der Waals surface area (Å²) in [7, 11) is 0. The molecule has 0 aromatic heterocycles. The van der Waals surface area contributed by atoms with Gasteiger partial charge in [0.15, 0.2) is 0 Å². The van der Waals surface area contributed by atoms with Gasteiger partial charge in [-0.1, -0.05) is 0 Å². The summed E-state index contributed by atoms with van der Waals surface area (Å²) in [4.78, 5) is 0. The first-order valence-corrected chi connectivity index (χ1v) is 8.11. The van der Waals surface area contributed by atoms with Crippen LogP contribution in [-0.4, -0.2) is 0 Å². The van der Waals surface area contributed by atoms with Crippen LogP contribution in [0.4, 0.5) is 0 Å². The molecule has 3 rings (SSSR count). The molecular formula is C17H15Cl2Hf. The molecule has 0 fully saturated rings. The van der Waals surface area contributed by atoms with E-state index in [0.717, 1.165) is 0 Å². The van der Waals surface area contributed by atoms with Gasteiger partial charge in [0.2, 0.25) is 0 Å². The Labute approximate surface area is 147 Å². The van der Waals surface area contributed by atoms with E-state index in [1.807, 2.05) is 0 Å². The van der Waals surface area contributed by atoms with Gasteiger partial charge in [-0.15, -0.1) is 0 Å². The van der Waals surface area contributed by atoms with E-state index in [1.165, 1.54) is 51.9 Å². The molecule has 2 aromatic rings. The van der Waals surface area contributed by atoms with Gasteiger partial charge in [-0.25, -0.2) is 0 Å². The van der Waals surface area contributed by atoms with Crippen LogP contribution in [0, 0.1) is 5.92 Å². The molecule has 0 nitrogen and oxygen atoms in total. The molecule has 0 aliphatic heterocycles. The zero-order valence-corrected chi connectivity index (χ0v) is 16.6. The van der Waals surface area contributed by atoms with Crippen LogP contribution in [-0.2, 0) is 24.4 Å². The Hall–Kier alpha value is -0.370. The van der Waals surface area contributed by atoms with E-state index < -0.39 is 0 Å². The molecule has 1 unspecified atom stereocenters. The van der Waals surface area contributed by atoms with Crippen LogP contribution in [0.2, 0.25) is 0 Å². The first kappa shape index (κ1) is 17.7. The topological polar surface area (TPSA) is 0 Å². The summed E-state index contributed by atoms with van der Waals surface area (Å²) in [6, 6.07) is 15.3. The molecule has 1 aliphatic rings. The fourth-order valence-electron chi connectivity index (χ4n) is 2.70. The summed E-state index contributed by atoms with van der Waals surface area (Å²) in [5.41, 5.74) is 4.35. The smallest absolute Gasteiger partial charge is 1.00 e. The van der Waals surface area contributed by atoms with Crippen LogP contribution in [0.1, 0.15) is 19.4 Å². The molecule has 2 aromatic carbocycles. The molecular weight excluding hydrogens is 454 g/mol. The van der Waals surface area contributed by atoms with Gasteiger partial charge in [0.1, 0.15) is 0 Å². The van der Waals surface area contributed by atoms with Gasteiger partial charge in [0.25, 0.3) is 0 Å². The quantitative estimate of drug-likeness (QED) is 0.457. The fraction of sp³-hybridized carbons (Fsp3) is 0.176. The number of fused-ring (bicyclic) bond motifs is 1. The van der Waals surface area contributed by atoms with Crippen molar-refractivity contribution in [2.24, 2.45) is 5.92 Å². The minimum absolute atomic E-state index is 0. The Bertz CT molecular complexity index is 681. The molecule has 0 N–H and O–H groups in total. The summed E-state index contributed by atoms with van der Waals surface area (Å²) >= 11 is 1.17. The Balaban J connectivity index is 0.000001000. The summed E-state index contributed by atoms with van der Waals surface area (Å²) < 4.78 is 1.64. The maximum absolute atomic E-state index is 2.43. The molecule has 0 radical (unpaired) electrons. The molecule has 0 saturated carbocycles. The Kier molecular flexibility index (Phi) is 6.25. The van der Waals surface area contributed by atoms with E-state index in [4.69, 9.17) is 0 Å². The van der Waals surface area contributed by atoms with Crippen molar-refractivity contribution in [2.75, 3.05) is 0 Å². The van der Waals surface area contributed by atoms with Crippen molar-refractivity contribution in [3.8, 4) is 0 Å². The number of hydrogen-bond acceptors (Lipinski definition) is 0. The minimum Gasteiger partial charge on any atom is -1.00 e. The predicted molar refractivity (Wildman–Crippen MR) is 73.8 cm³/mol. The second-order valence-corrected chi connectivity index (χ2v) is 6.87. The van der Waals surface area contributed by atoms with Crippen molar-refractivity contribution in [1.82, 2.24) is 0 Å². The van der Waals surface area contributed by atoms with Crippen molar-refractivity contribution < 1.29 is 49.2 Å². The number of rotatable bonds is 1. The Morgan fingerprint density at radius 1 is 0.950 bits per heavy atom. The predicted octanol–water partition coefficient (Wildman–Crippen LogP) is -1.30. The summed E-state index contributed by atoms with van der Waals surface area (Å²) in [6.45, 7) is 4.59. The third-order valence-corrected chi connectivity index (χ3v) is 6.74. The van der Waals surface area contributed by atoms with Gasteiger partial charge in [0, 0.05) is 0 Å². The van der Waals surface area contributed by atoms with Gasteiger partial charge in [0.05, 0.1) is 0 Å². The van der Waals surface area contributed by atoms with E-state index in [1.54, 1.807) is 3.33 Å². The first-order chi connectivity index (χ1) is 8.68. The van der Waals surface area contributed by atoms with Crippen LogP contribution in [0.25, 0.3) is 16.3 Å². The minimum atomic E-state index is 0. The number of halogens is 2. The summed E-state index contributed by atoms with van der Waals surface area (Å²) in [6.07, 6.45) is 2.43. The normalized spacial score (nSPS) is 17.6. The van der Waals surface area contributed by atoms with Gasteiger partial charge in [-0.3, -0.25) is 0 Å². The molecule has 0 saturated heterocycles. The molecule has 1 aliphatic carbocycles. The average Bonchev–Trinajstić information content (AvgIpc) is 2.66. The van der Waals surface area contributed by atoms with Gasteiger partial charge in [-0.05, 0) is 0 Å². The molecule has 0 heterocycles. The van der Waals surface area contributed by atoms with E-state index in [0.29, 0.717) is 5.92 Å². The third-order valence-electron chi connectivity index (χ3n) is 3.76. The molecule has 0 bridgehead atoms. The molecule has 20 heavy (non-hydrogen) atoms. The number of allylic oxidation sites excluding steroid dienone is 4. The van der Waals surface area contributed by atoms with E-state index in [9.17, 15) is 0 Å². The molecule has 1 atom stereocenters. The monoisotopic (exact) mass is 469 g/mol. The van der Waals surface area contributed by atoms with E-state index in [2.05, 4.69) is 62.4 Å². The average molecular weight is 469 g/mol. The zero-order valence-electron chi connectivity index (χ0n) is 11.5. The third kappa shape index (κ3) is 2.95. The van der Waals surface area contributed by atoms with Gasteiger partial charge < -0.3 is 24.8 Å².